The normalized spacial score (nSPS) is 18.8. The van der Waals surface area contributed by atoms with Crippen LogP contribution in [0.4, 0.5) is 10.1 Å². The summed E-state index contributed by atoms with van der Waals surface area (Å²) in [6.07, 6.45) is 5.25. The molecule has 2 aromatic rings. The van der Waals surface area contributed by atoms with Gasteiger partial charge >= 0.3 is 0 Å². The summed E-state index contributed by atoms with van der Waals surface area (Å²) in [6, 6.07) is 14.2. The Morgan fingerprint density at radius 2 is 1.75 bits per heavy atom. The predicted octanol–water partition coefficient (Wildman–Crippen LogP) is 4.77. The van der Waals surface area contributed by atoms with Crippen LogP contribution in [0.3, 0.4) is 0 Å². The van der Waals surface area contributed by atoms with E-state index >= 15 is 0 Å². The first-order valence-electron chi connectivity index (χ1n) is 11.8. The average molecular weight is 441 g/mol. The van der Waals surface area contributed by atoms with Crippen LogP contribution in [0.1, 0.15) is 44.1 Å². The van der Waals surface area contributed by atoms with Gasteiger partial charge in [0.1, 0.15) is 11.6 Å². The van der Waals surface area contributed by atoms with E-state index in [2.05, 4.69) is 10.2 Å². The molecule has 1 aliphatic heterocycles. The summed E-state index contributed by atoms with van der Waals surface area (Å²) in [4.78, 5) is 15.8. The van der Waals surface area contributed by atoms with E-state index in [0.29, 0.717) is 30.7 Å². The monoisotopic (exact) mass is 440 g/mol. The number of rotatable bonds is 8. The molecular weight excluding hydrogens is 407 g/mol. The first kappa shape index (κ1) is 22.7. The topological polar surface area (TPSA) is 50.8 Å². The third-order valence-electron chi connectivity index (χ3n) is 6.63. The molecule has 4 rings (SSSR count). The molecule has 2 fully saturated rings. The lowest BCUT2D eigenvalue weighted by molar-refractivity contribution is -0.122. The van der Waals surface area contributed by atoms with Crippen molar-refractivity contribution >= 4 is 11.6 Å². The average Bonchev–Trinajstić information content (AvgIpc) is 2.84. The van der Waals surface area contributed by atoms with Gasteiger partial charge in [0.25, 0.3) is 0 Å². The Morgan fingerprint density at radius 3 is 2.47 bits per heavy atom. The summed E-state index contributed by atoms with van der Waals surface area (Å²) in [5, 5.41) is 3.04. The smallest absolute Gasteiger partial charge is 0.235 e. The van der Waals surface area contributed by atoms with E-state index in [1.165, 1.54) is 6.07 Å². The molecule has 0 aromatic heterocycles. The molecule has 1 amide bonds. The second-order valence-electron chi connectivity index (χ2n) is 8.76. The van der Waals surface area contributed by atoms with Crippen LogP contribution in [0.15, 0.2) is 48.5 Å². The Bertz CT molecular complexity index is 875. The third kappa shape index (κ3) is 5.48. The lowest BCUT2D eigenvalue weighted by atomic mass is 9.68. The molecule has 0 spiro atoms. The molecule has 6 heteroatoms. The second-order valence-corrected chi connectivity index (χ2v) is 8.76. The van der Waals surface area contributed by atoms with E-state index in [1.807, 2.05) is 30.3 Å². The highest BCUT2D eigenvalue weighted by atomic mass is 19.1. The Kier molecular flexibility index (Phi) is 7.76. The Balaban J connectivity index is 1.33. The van der Waals surface area contributed by atoms with Crippen molar-refractivity contribution in [1.29, 1.82) is 0 Å². The number of carbonyl (C=O) groups is 1. The van der Waals surface area contributed by atoms with Crippen LogP contribution >= 0.6 is 0 Å². The highest BCUT2D eigenvalue weighted by Crippen LogP contribution is 2.41. The minimum atomic E-state index is -0.807. The number of morpholine rings is 1. The van der Waals surface area contributed by atoms with Gasteiger partial charge in [-0.2, -0.15) is 0 Å². The zero-order valence-electron chi connectivity index (χ0n) is 18.7. The molecule has 2 aliphatic rings. The molecule has 1 saturated carbocycles. The van der Waals surface area contributed by atoms with E-state index in [-0.39, 0.29) is 11.7 Å². The summed E-state index contributed by atoms with van der Waals surface area (Å²) < 4.78 is 25.9. The number of benzene rings is 2. The van der Waals surface area contributed by atoms with Gasteiger partial charge < -0.3 is 14.8 Å². The standard InChI is InChI=1S/C26H33FN2O3/c27-24-8-3-2-7-23(24)26(13-4-1-5-14-26)25(30)28-21-9-11-22(12-10-21)32-18-6-15-29-16-19-31-20-17-29/h2-3,7-12H,1,4-6,13-20H2,(H,28,30). The van der Waals surface area contributed by atoms with Crippen molar-refractivity contribution in [2.75, 3.05) is 44.8 Å². The fraction of sp³-hybridized carbons (Fsp3) is 0.500. The lowest BCUT2D eigenvalue weighted by Crippen LogP contribution is -2.42. The van der Waals surface area contributed by atoms with E-state index in [9.17, 15) is 9.18 Å². The van der Waals surface area contributed by atoms with Crippen LogP contribution in [0.2, 0.25) is 0 Å². The van der Waals surface area contributed by atoms with E-state index < -0.39 is 5.41 Å². The van der Waals surface area contributed by atoms with Crippen LogP contribution in [0, 0.1) is 5.82 Å². The summed E-state index contributed by atoms with van der Waals surface area (Å²) in [7, 11) is 0. The minimum absolute atomic E-state index is 0.124. The number of nitrogens with zero attached hydrogens (tertiary/aromatic N) is 1. The van der Waals surface area contributed by atoms with Gasteiger partial charge in [0.2, 0.25) is 5.91 Å². The van der Waals surface area contributed by atoms with Crippen molar-refractivity contribution in [2.45, 2.75) is 43.9 Å². The molecule has 0 radical (unpaired) electrons. The largest absolute Gasteiger partial charge is 0.494 e. The molecule has 1 N–H and O–H groups in total. The maximum absolute atomic E-state index is 14.6. The second kappa shape index (κ2) is 10.9. The number of carbonyl (C=O) groups excluding carboxylic acids is 1. The number of hydrogen-bond donors (Lipinski definition) is 1. The molecule has 1 aliphatic carbocycles. The van der Waals surface area contributed by atoms with Gasteiger partial charge in [0, 0.05) is 30.9 Å². The zero-order chi connectivity index (χ0) is 22.2. The Hall–Kier alpha value is -2.44. The number of amides is 1. The van der Waals surface area contributed by atoms with Crippen molar-refractivity contribution in [3.63, 3.8) is 0 Å². The number of nitrogens with one attached hydrogen (secondary N) is 1. The van der Waals surface area contributed by atoms with Gasteiger partial charge in [0.15, 0.2) is 0 Å². The van der Waals surface area contributed by atoms with Crippen molar-refractivity contribution in [1.82, 2.24) is 4.90 Å². The van der Waals surface area contributed by atoms with Gasteiger partial charge in [-0.15, -0.1) is 0 Å². The molecule has 172 valence electrons. The van der Waals surface area contributed by atoms with Crippen LogP contribution < -0.4 is 10.1 Å². The summed E-state index contributed by atoms with van der Waals surface area (Å²) in [6.45, 7) is 5.26. The lowest BCUT2D eigenvalue weighted by Gasteiger charge is -2.36. The van der Waals surface area contributed by atoms with Crippen molar-refractivity contribution in [2.24, 2.45) is 0 Å². The highest BCUT2D eigenvalue weighted by molar-refractivity contribution is 5.99. The quantitative estimate of drug-likeness (QED) is 0.601. The van der Waals surface area contributed by atoms with Crippen molar-refractivity contribution < 1.29 is 18.7 Å². The molecule has 5 nitrogen and oxygen atoms in total. The van der Waals surface area contributed by atoms with Gasteiger partial charge in [0.05, 0.1) is 25.2 Å². The van der Waals surface area contributed by atoms with E-state index in [1.54, 1.807) is 12.1 Å². The number of halogens is 1. The molecule has 1 heterocycles. The summed E-state index contributed by atoms with van der Waals surface area (Å²) in [5.41, 5.74) is 0.410. The minimum Gasteiger partial charge on any atom is -0.494 e. The fourth-order valence-corrected chi connectivity index (χ4v) is 4.81. The maximum atomic E-state index is 14.6. The number of anilines is 1. The Labute approximate surface area is 189 Å². The van der Waals surface area contributed by atoms with Crippen LogP contribution in [0.25, 0.3) is 0 Å². The molecule has 0 atom stereocenters. The molecule has 0 bridgehead atoms. The van der Waals surface area contributed by atoms with Crippen molar-refractivity contribution in [3.05, 3.63) is 59.9 Å². The van der Waals surface area contributed by atoms with Gasteiger partial charge in [-0.05, 0) is 49.6 Å². The molecule has 1 saturated heterocycles. The maximum Gasteiger partial charge on any atom is 0.235 e. The summed E-state index contributed by atoms with van der Waals surface area (Å²) in [5.74, 6) is 0.360. The molecule has 32 heavy (non-hydrogen) atoms. The highest BCUT2D eigenvalue weighted by Gasteiger charge is 2.42. The number of ether oxygens (including phenoxy) is 2. The first-order chi connectivity index (χ1) is 15.7. The SMILES string of the molecule is O=C(Nc1ccc(OCCCN2CCOCC2)cc1)C1(c2ccccc2F)CCCCC1. The van der Waals surface area contributed by atoms with Crippen molar-refractivity contribution in [3.8, 4) is 5.75 Å². The molecule has 0 unspecified atom stereocenters. The van der Waals surface area contributed by atoms with Crippen LogP contribution in [0.5, 0.6) is 5.75 Å². The fourth-order valence-electron chi connectivity index (χ4n) is 4.81. The van der Waals surface area contributed by atoms with Gasteiger partial charge in [-0.1, -0.05) is 37.5 Å². The molecular formula is C26H33FN2O3. The third-order valence-corrected chi connectivity index (χ3v) is 6.63. The number of hydrogen-bond acceptors (Lipinski definition) is 4. The van der Waals surface area contributed by atoms with Gasteiger partial charge in [-0.25, -0.2) is 4.39 Å². The van der Waals surface area contributed by atoms with E-state index in [0.717, 1.165) is 64.3 Å². The van der Waals surface area contributed by atoms with Gasteiger partial charge in [-0.3, -0.25) is 9.69 Å². The van der Waals surface area contributed by atoms with E-state index in [4.69, 9.17) is 9.47 Å². The van der Waals surface area contributed by atoms with Crippen LogP contribution in [-0.2, 0) is 14.9 Å². The summed E-state index contributed by atoms with van der Waals surface area (Å²) >= 11 is 0. The molecule has 2 aromatic carbocycles. The first-order valence-corrected chi connectivity index (χ1v) is 11.8. The predicted molar refractivity (Wildman–Crippen MR) is 124 cm³/mol. The Morgan fingerprint density at radius 1 is 1.03 bits per heavy atom. The van der Waals surface area contributed by atoms with Crippen LogP contribution in [-0.4, -0.2) is 50.3 Å². The zero-order valence-corrected chi connectivity index (χ0v) is 18.7.